The summed E-state index contributed by atoms with van der Waals surface area (Å²) in [5.41, 5.74) is 2.19. The van der Waals surface area contributed by atoms with E-state index in [0.29, 0.717) is 31.5 Å². The van der Waals surface area contributed by atoms with Crippen molar-refractivity contribution < 1.29 is 13.2 Å². The maximum Gasteiger partial charge on any atom is 0.242 e. The van der Waals surface area contributed by atoms with E-state index in [4.69, 9.17) is 4.74 Å². The van der Waals surface area contributed by atoms with Crippen molar-refractivity contribution in [1.82, 2.24) is 20.3 Å². The minimum atomic E-state index is -3.57. The first kappa shape index (κ1) is 26.3. The van der Waals surface area contributed by atoms with Crippen molar-refractivity contribution in [2.75, 3.05) is 26.2 Å². The van der Waals surface area contributed by atoms with E-state index in [1.165, 1.54) is 31.3 Å². The van der Waals surface area contributed by atoms with Crippen LogP contribution in [0.5, 0.6) is 5.75 Å². The van der Waals surface area contributed by atoms with Gasteiger partial charge in [-0.1, -0.05) is 12.1 Å². The number of nitrogens with zero attached hydrogens (tertiary/aromatic N) is 2. The number of rotatable bonds is 11. The molecule has 0 unspecified atom stereocenters. The summed E-state index contributed by atoms with van der Waals surface area (Å²) in [6.07, 6.45) is 5.36. The summed E-state index contributed by atoms with van der Waals surface area (Å²) in [5, 5.41) is 6.35. The number of halogens is 1. The molecular formula is C22H32IN5O3S. The molecule has 1 aliphatic rings. The van der Waals surface area contributed by atoms with Crippen LogP contribution >= 0.6 is 24.0 Å². The van der Waals surface area contributed by atoms with E-state index in [2.05, 4.69) is 44.4 Å². The van der Waals surface area contributed by atoms with E-state index in [9.17, 15) is 8.42 Å². The summed E-state index contributed by atoms with van der Waals surface area (Å²) in [7, 11) is -3.57. The zero-order valence-corrected chi connectivity index (χ0v) is 21.7. The molecule has 0 radical (unpaired) electrons. The molecular weight excluding hydrogens is 541 g/mol. The van der Waals surface area contributed by atoms with E-state index in [1.54, 1.807) is 6.07 Å². The molecule has 0 aliphatic heterocycles. The molecule has 8 nitrogen and oxygen atoms in total. The first-order chi connectivity index (χ1) is 15.0. The topological polar surface area (TPSA) is 105 Å². The Morgan fingerprint density at radius 3 is 2.72 bits per heavy atom. The predicted octanol–water partition coefficient (Wildman–Crippen LogP) is 2.83. The van der Waals surface area contributed by atoms with Gasteiger partial charge in [-0.25, -0.2) is 18.1 Å². The van der Waals surface area contributed by atoms with Crippen molar-refractivity contribution in [2.45, 2.75) is 38.1 Å². The Kier molecular flexibility index (Phi) is 10.7. The lowest BCUT2D eigenvalue weighted by atomic mass is 10.1. The Balaban J connectivity index is 0.00000363. The maximum atomic E-state index is 12.3. The Hall–Kier alpha value is -1.92. The number of benzene rings is 1. The number of guanidine groups is 1. The molecule has 2 aromatic rings. The van der Waals surface area contributed by atoms with Gasteiger partial charge in [-0.2, -0.15) is 0 Å². The van der Waals surface area contributed by atoms with Crippen LogP contribution in [-0.4, -0.2) is 45.6 Å². The molecule has 0 saturated heterocycles. The van der Waals surface area contributed by atoms with Crippen molar-refractivity contribution in [1.29, 1.82) is 0 Å². The number of nitrogens with one attached hydrogen (secondary N) is 3. The van der Waals surface area contributed by atoms with Crippen molar-refractivity contribution in [3.63, 3.8) is 0 Å². The number of aryl methyl sites for hydroxylation is 1. The summed E-state index contributed by atoms with van der Waals surface area (Å²) in [4.78, 5) is 8.63. The second-order valence-corrected chi connectivity index (χ2v) is 9.34. The summed E-state index contributed by atoms with van der Waals surface area (Å²) in [6, 6.07) is 9.27. The Morgan fingerprint density at radius 1 is 1.22 bits per heavy atom. The van der Waals surface area contributed by atoms with E-state index >= 15 is 0 Å². The van der Waals surface area contributed by atoms with Gasteiger partial charge in [0.15, 0.2) is 5.96 Å². The molecule has 1 aromatic heterocycles. The van der Waals surface area contributed by atoms with Gasteiger partial charge >= 0.3 is 0 Å². The van der Waals surface area contributed by atoms with Crippen LogP contribution in [0.2, 0.25) is 0 Å². The van der Waals surface area contributed by atoms with Gasteiger partial charge in [-0.15, -0.1) is 24.0 Å². The Bertz CT molecular complexity index is 982. The van der Waals surface area contributed by atoms with E-state index in [0.717, 1.165) is 23.5 Å². The summed E-state index contributed by atoms with van der Waals surface area (Å²) in [6.45, 7) is 6.58. The van der Waals surface area contributed by atoms with Gasteiger partial charge < -0.3 is 15.4 Å². The maximum absolute atomic E-state index is 12.3. The Morgan fingerprint density at radius 2 is 2.03 bits per heavy atom. The predicted molar refractivity (Wildman–Crippen MR) is 137 cm³/mol. The Labute approximate surface area is 207 Å². The molecule has 10 heteroatoms. The minimum Gasteiger partial charge on any atom is -0.493 e. The third-order valence-corrected chi connectivity index (χ3v) is 6.25. The van der Waals surface area contributed by atoms with Gasteiger partial charge in [0, 0.05) is 37.6 Å². The second-order valence-electron chi connectivity index (χ2n) is 7.57. The summed E-state index contributed by atoms with van der Waals surface area (Å²) in [5.74, 6) is 2.19. The molecule has 176 valence electrons. The number of hydrogen-bond acceptors (Lipinski definition) is 5. The van der Waals surface area contributed by atoms with Crippen LogP contribution in [0.3, 0.4) is 0 Å². The van der Waals surface area contributed by atoms with Gasteiger partial charge in [0.25, 0.3) is 0 Å². The standard InChI is InChI=1S/C22H31N5O3S.HI/c1-3-24-22(25-11-12-27-31(28,29)20-5-4-10-23-15-20)26-14-19-9-6-17(2)13-21(19)30-16-18-7-8-18;/h4-6,9-10,13,15,18,27H,3,7-8,11-12,14,16H2,1-2H3,(H2,24,25,26);1H. The fraction of sp³-hybridized carbons (Fsp3) is 0.455. The second kappa shape index (κ2) is 12.9. The average Bonchev–Trinajstić information content (AvgIpc) is 3.59. The highest BCUT2D eigenvalue weighted by molar-refractivity contribution is 14.0. The minimum absolute atomic E-state index is 0. The average molecular weight is 574 g/mol. The first-order valence-electron chi connectivity index (χ1n) is 10.6. The molecule has 1 fully saturated rings. The summed E-state index contributed by atoms with van der Waals surface area (Å²) >= 11 is 0. The van der Waals surface area contributed by atoms with Crippen LogP contribution in [0.1, 0.15) is 30.9 Å². The molecule has 3 rings (SSSR count). The number of hydrogen-bond donors (Lipinski definition) is 3. The first-order valence-corrected chi connectivity index (χ1v) is 12.1. The third-order valence-electron chi connectivity index (χ3n) is 4.80. The summed E-state index contributed by atoms with van der Waals surface area (Å²) < 4.78 is 33.1. The lowest BCUT2D eigenvalue weighted by Crippen LogP contribution is -2.41. The highest BCUT2D eigenvalue weighted by atomic mass is 127. The fourth-order valence-electron chi connectivity index (χ4n) is 2.88. The number of aromatic nitrogens is 1. The third kappa shape index (κ3) is 8.55. The molecule has 0 bridgehead atoms. The van der Waals surface area contributed by atoms with E-state index in [-0.39, 0.29) is 35.4 Å². The zero-order valence-electron chi connectivity index (χ0n) is 18.5. The van der Waals surface area contributed by atoms with Gasteiger partial charge in [0.2, 0.25) is 10.0 Å². The zero-order chi connectivity index (χ0) is 22.1. The van der Waals surface area contributed by atoms with E-state index < -0.39 is 10.0 Å². The number of ether oxygens (including phenoxy) is 1. The van der Waals surface area contributed by atoms with Crippen molar-refractivity contribution >= 4 is 40.0 Å². The van der Waals surface area contributed by atoms with Crippen LogP contribution in [-0.2, 0) is 16.6 Å². The molecule has 0 amide bonds. The van der Waals surface area contributed by atoms with Gasteiger partial charge in [-0.05, 0) is 56.4 Å². The smallest absolute Gasteiger partial charge is 0.242 e. The lowest BCUT2D eigenvalue weighted by molar-refractivity contribution is 0.296. The quantitative estimate of drug-likeness (QED) is 0.165. The molecule has 32 heavy (non-hydrogen) atoms. The van der Waals surface area contributed by atoms with Gasteiger partial charge in [0.05, 0.1) is 13.2 Å². The van der Waals surface area contributed by atoms with Gasteiger partial charge in [0.1, 0.15) is 10.6 Å². The van der Waals surface area contributed by atoms with E-state index in [1.807, 2.05) is 13.0 Å². The van der Waals surface area contributed by atoms with Crippen LogP contribution in [0.25, 0.3) is 0 Å². The van der Waals surface area contributed by atoms with Crippen LogP contribution < -0.4 is 20.1 Å². The van der Waals surface area contributed by atoms with Crippen molar-refractivity contribution in [3.05, 3.63) is 53.9 Å². The largest absolute Gasteiger partial charge is 0.493 e. The molecule has 0 atom stereocenters. The highest BCUT2D eigenvalue weighted by Crippen LogP contribution is 2.30. The molecule has 1 heterocycles. The SMILES string of the molecule is CCNC(=NCc1ccc(C)cc1OCC1CC1)NCCNS(=O)(=O)c1cccnc1.I. The van der Waals surface area contributed by atoms with Crippen molar-refractivity contribution in [2.24, 2.45) is 10.9 Å². The molecule has 3 N–H and O–H groups in total. The fourth-order valence-corrected chi connectivity index (χ4v) is 3.88. The number of sulfonamides is 1. The van der Waals surface area contributed by atoms with Gasteiger partial charge in [-0.3, -0.25) is 4.98 Å². The monoisotopic (exact) mass is 573 g/mol. The molecule has 0 spiro atoms. The molecule has 1 aromatic carbocycles. The molecule has 1 aliphatic carbocycles. The normalized spacial score (nSPS) is 13.9. The number of pyridine rings is 1. The van der Waals surface area contributed by atoms with Crippen LogP contribution in [0.15, 0.2) is 52.6 Å². The van der Waals surface area contributed by atoms with Crippen LogP contribution in [0, 0.1) is 12.8 Å². The number of aliphatic imine (C=N–C) groups is 1. The highest BCUT2D eigenvalue weighted by Gasteiger charge is 2.22. The molecule has 1 saturated carbocycles. The van der Waals surface area contributed by atoms with Crippen LogP contribution in [0.4, 0.5) is 0 Å². The lowest BCUT2D eigenvalue weighted by Gasteiger charge is -2.14. The van der Waals surface area contributed by atoms with Crippen molar-refractivity contribution in [3.8, 4) is 5.75 Å².